The van der Waals surface area contributed by atoms with Gasteiger partial charge in [0.1, 0.15) is 0 Å². The Kier molecular flexibility index (Phi) is 4.05. The van der Waals surface area contributed by atoms with E-state index in [2.05, 4.69) is 4.90 Å². The normalized spacial score (nSPS) is 25.5. The van der Waals surface area contributed by atoms with Crippen LogP contribution in [-0.2, 0) is 9.53 Å². The summed E-state index contributed by atoms with van der Waals surface area (Å²) in [4.78, 5) is 13.4. The van der Waals surface area contributed by atoms with Gasteiger partial charge in [-0.15, -0.1) is 0 Å². The zero-order chi connectivity index (χ0) is 12.3. The summed E-state index contributed by atoms with van der Waals surface area (Å²) in [7, 11) is 0. The van der Waals surface area contributed by atoms with E-state index in [1.54, 1.807) is 0 Å². The fourth-order valence-electron chi connectivity index (χ4n) is 3.11. The molecule has 98 valence electrons. The lowest BCUT2D eigenvalue weighted by atomic mass is 9.73. The fourth-order valence-corrected chi connectivity index (χ4v) is 3.11. The van der Waals surface area contributed by atoms with E-state index in [0.717, 1.165) is 58.5 Å². The predicted molar refractivity (Wildman–Crippen MR) is 65.0 cm³/mol. The topological polar surface area (TPSA) is 49.8 Å². The SMILES string of the molecule is CCCC(CN1CC2(CCOCC2)C1)C(=O)O. The number of carboxylic acid groups (broad SMARTS) is 1. The minimum absolute atomic E-state index is 0.183. The first kappa shape index (κ1) is 12.8. The zero-order valence-electron chi connectivity index (χ0n) is 10.7. The number of likely N-dealkylation sites (tertiary alicyclic amines) is 1. The van der Waals surface area contributed by atoms with Crippen LogP contribution in [0.1, 0.15) is 32.6 Å². The van der Waals surface area contributed by atoms with E-state index >= 15 is 0 Å². The summed E-state index contributed by atoms with van der Waals surface area (Å²) < 4.78 is 5.38. The largest absolute Gasteiger partial charge is 0.481 e. The first-order chi connectivity index (χ1) is 8.15. The van der Waals surface area contributed by atoms with E-state index in [4.69, 9.17) is 9.84 Å². The zero-order valence-corrected chi connectivity index (χ0v) is 10.7. The highest BCUT2D eigenvalue weighted by Gasteiger charge is 2.44. The lowest BCUT2D eigenvalue weighted by Crippen LogP contribution is -2.59. The van der Waals surface area contributed by atoms with Crippen LogP contribution in [0.4, 0.5) is 0 Å². The van der Waals surface area contributed by atoms with Crippen LogP contribution in [-0.4, -0.2) is 48.8 Å². The van der Waals surface area contributed by atoms with Gasteiger partial charge in [-0.25, -0.2) is 0 Å². The Morgan fingerprint density at radius 2 is 2.06 bits per heavy atom. The van der Waals surface area contributed by atoms with E-state index in [-0.39, 0.29) is 5.92 Å². The summed E-state index contributed by atoms with van der Waals surface area (Å²) in [5, 5.41) is 9.13. The Labute approximate surface area is 103 Å². The molecule has 0 amide bonds. The Hall–Kier alpha value is -0.610. The maximum Gasteiger partial charge on any atom is 0.307 e. The summed E-state index contributed by atoms with van der Waals surface area (Å²) in [5.74, 6) is -0.822. The van der Waals surface area contributed by atoms with E-state index in [0.29, 0.717) is 5.41 Å². The van der Waals surface area contributed by atoms with Crippen LogP contribution in [0.15, 0.2) is 0 Å². The number of nitrogens with zero attached hydrogens (tertiary/aromatic N) is 1. The number of hydrogen-bond acceptors (Lipinski definition) is 3. The van der Waals surface area contributed by atoms with E-state index in [1.807, 2.05) is 6.92 Å². The van der Waals surface area contributed by atoms with Crippen molar-refractivity contribution in [3.63, 3.8) is 0 Å². The number of rotatable bonds is 5. The summed E-state index contributed by atoms with van der Waals surface area (Å²) in [6, 6.07) is 0. The molecule has 4 heteroatoms. The first-order valence-electron chi connectivity index (χ1n) is 6.68. The van der Waals surface area contributed by atoms with Gasteiger partial charge in [-0.2, -0.15) is 0 Å². The second-order valence-electron chi connectivity index (χ2n) is 5.61. The average molecular weight is 241 g/mol. The van der Waals surface area contributed by atoms with Crippen molar-refractivity contribution in [3.05, 3.63) is 0 Å². The molecule has 4 nitrogen and oxygen atoms in total. The molecule has 0 saturated carbocycles. The molecule has 0 bridgehead atoms. The molecule has 0 aromatic carbocycles. The quantitative estimate of drug-likeness (QED) is 0.794. The van der Waals surface area contributed by atoms with E-state index in [1.165, 1.54) is 0 Å². The Balaban J connectivity index is 1.76. The number of carboxylic acids is 1. The van der Waals surface area contributed by atoms with Gasteiger partial charge in [0.05, 0.1) is 5.92 Å². The van der Waals surface area contributed by atoms with Gasteiger partial charge >= 0.3 is 5.97 Å². The second kappa shape index (κ2) is 5.36. The van der Waals surface area contributed by atoms with Crippen molar-refractivity contribution >= 4 is 5.97 Å². The van der Waals surface area contributed by atoms with Crippen LogP contribution >= 0.6 is 0 Å². The molecule has 2 rings (SSSR count). The lowest BCUT2D eigenvalue weighted by molar-refractivity contribution is -0.145. The number of hydrogen-bond donors (Lipinski definition) is 1. The second-order valence-corrected chi connectivity index (χ2v) is 5.61. The van der Waals surface area contributed by atoms with Crippen LogP contribution in [0, 0.1) is 11.3 Å². The minimum Gasteiger partial charge on any atom is -0.481 e. The standard InChI is InChI=1S/C13H23NO3/c1-2-3-11(12(15)16)8-14-9-13(10-14)4-6-17-7-5-13/h11H,2-10H2,1H3,(H,15,16). The van der Waals surface area contributed by atoms with Crippen molar-refractivity contribution in [2.24, 2.45) is 11.3 Å². The molecular weight excluding hydrogens is 218 g/mol. The van der Waals surface area contributed by atoms with Gasteiger partial charge in [-0.1, -0.05) is 13.3 Å². The molecule has 2 saturated heterocycles. The minimum atomic E-state index is -0.639. The van der Waals surface area contributed by atoms with Gasteiger partial charge in [0.25, 0.3) is 0 Å². The van der Waals surface area contributed by atoms with Gasteiger partial charge in [-0.05, 0) is 19.3 Å². The van der Waals surface area contributed by atoms with Crippen molar-refractivity contribution in [1.29, 1.82) is 0 Å². The fraction of sp³-hybridized carbons (Fsp3) is 0.923. The Bertz CT molecular complexity index is 266. The smallest absolute Gasteiger partial charge is 0.307 e. The molecule has 17 heavy (non-hydrogen) atoms. The Morgan fingerprint density at radius 3 is 2.59 bits per heavy atom. The molecule has 1 atom stereocenters. The summed E-state index contributed by atoms with van der Waals surface area (Å²) >= 11 is 0. The van der Waals surface area contributed by atoms with Crippen molar-refractivity contribution in [3.8, 4) is 0 Å². The summed E-state index contributed by atoms with van der Waals surface area (Å²) in [6.45, 7) is 6.68. The maximum atomic E-state index is 11.1. The van der Waals surface area contributed by atoms with Gasteiger partial charge in [0.2, 0.25) is 0 Å². The molecule has 0 aromatic heterocycles. The molecule has 0 aromatic rings. The average Bonchev–Trinajstić information content (AvgIpc) is 2.27. The molecule has 2 fully saturated rings. The van der Waals surface area contributed by atoms with Crippen LogP contribution < -0.4 is 0 Å². The highest BCUT2D eigenvalue weighted by atomic mass is 16.5. The number of ether oxygens (including phenoxy) is 1. The molecule has 0 radical (unpaired) electrons. The highest BCUT2D eigenvalue weighted by Crippen LogP contribution is 2.40. The maximum absolute atomic E-state index is 11.1. The van der Waals surface area contributed by atoms with Crippen LogP contribution in [0.3, 0.4) is 0 Å². The summed E-state index contributed by atoms with van der Waals surface area (Å²) in [5.41, 5.74) is 0.452. The molecule has 2 aliphatic heterocycles. The molecule has 1 N–H and O–H groups in total. The third-order valence-electron chi connectivity index (χ3n) is 4.14. The van der Waals surface area contributed by atoms with E-state index < -0.39 is 5.97 Å². The number of aliphatic carboxylic acids is 1. The lowest BCUT2D eigenvalue weighted by Gasteiger charge is -2.52. The summed E-state index contributed by atoms with van der Waals surface area (Å²) in [6.07, 6.45) is 4.04. The van der Waals surface area contributed by atoms with Crippen molar-refractivity contribution in [2.75, 3.05) is 32.8 Å². The van der Waals surface area contributed by atoms with Crippen molar-refractivity contribution in [1.82, 2.24) is 4.90 Å². The predicted octanol–water partition coefficient (Wildman–Crippen LogP) is 1.60. The molecule has 1 unspecified atom stereocenters. The molecule has 0 aliphatic carbocycles. The molecule has 1 spiro atoms. The van der Waals surface area contributed by atoms with Crippen LogP contribution in [0.5, 0.6) is 0 Å². The Morgan fingerprint density at radius 1 is 1.41 bits per heavy atom. The first-order valence-corrected chi connectivity index (χ1v) is 6.68. The van der Waals surface area contributed by atoms with Gasteiger partial charge in [-0.3, -0.25) is 4.79 Å². The number of carbonyl (C=O) groups is 1. The molecule has 2 heterocycles. The van der Waals surface area contributed by atoms with Gasteiger partial charge in [0.15, 0.2) is 0 Å². The third-order valence-corrected chi connectivity index (χ3v) is 4.14. The van der Waals surface area contributed by atoms with Crippen molar-refractivity contribution in [2.45, 2.75) is 32.6 Å². The van der Waals surface area contributed by atoms with Crippen LogP contribution in [0.2, 0.25) is 0 Å². The van der Waals surface area contributed by atoms with Crippen LogP contribution in [0.25, 0.3) is 0 Å². The monoisotopic (exact) mass is 241 g/mol. The highest BCUT2D eigenvalue weighted by molar-refractivity contribution is 5.70. The molecule has 2 aliphatic rings. The van der Waals surface area contributed by atoms with Gasteiger partial charge < -0.3 is 14.7 Å². The van der Waals surface area contributed by atoms with E-state index in [9.17, 15) is 4.79 Å². The van der Waals surface area contributed by atoms with Crippen molar-refractivity contribution < 1.29 is 14.6 Å². The van der Waals surface area contributed by atoms with Gasteiger partial charge in [0, 0.05) is 38.3 Å². The molecular formula is C13H23NO3. The third kappa shape index (κ3) is 2.99.